The molecule has 1 saturated carbocycles. The summed E-state index contributed by atoms with van der Waals surface area (Å²) in [4.78, 5) is 28.6. The maximum Gasteiger partial charge on any atom is 0.270 e. The number of nitrogens with zero attached hydrogens (tertiary/aromatic N) is 1. The zero-order valence-electron chi connectivity index (χ0n) is 16.3. The number of carbonyl (C=O) groups is 2. The molecule has 7 nitrogen and oxygen atoms in total. The lowest BCUT2D eigenvalue weighted by Crippen LogP contribution is -2.51. The quantitative estimate of drug-likeness (QED) is 0.660. The summed E-state index contributed by atoms with van der Waals surface area (Å²) in [5.74, 6) is 0.0676. The van der Waals surface area contributed by atoms with E-state index in [0.717, 1.165) is 44.9 Å². The molecule has 2 fully saturated rings. The van der Waals surface area contributed by atoms with Crippen molar-refractivity contribution in [2.75, 3.05) is 13.2 Å². The third-order valence-corrected chi connectivity index (χ3v) is 5.75. The van der Waals surface area contributed by atoms with E-state index in [2.05, 4.69) is 15.6 Å². The molecule has 0 radical (unpaired) electrons. The number of ether oxygens (including phenoxy) is 1. The Kier molecular flexibility index (Phi) is 7.80. The van der Waals surface area contributed by atoms with Crippen LogP contribution in [0.4, 0.5) is 0 Å². The summed E-state index contributed by atoms with van der Waals surface area (Å²) in [5.41, 5.74) is 0.353. The van der Waals surface area contributed by atoms with E-state index in [1.54, 1.807) is 24.4 Å². The minimum atomic E-state index is -0.444. The Morgan fingerprint density at radius 2 is 1.96 bits per heavy atom. The van der Waals surface area contributed by atoms with Crippen molar-refractivity contribution < 1.29 is 19.4 Å². The maximum atomic E-state index is 12.3. The fourth-order valence-electron chi connectivity index (χ4n) is 4.11. The van der Waals surface area contributed by atoms with Crippen LogP contribution in [0.15, 0.2) is 24.4 Å². The number of aliphatic hydroxyl groups excluding tert-OH is 1. The van der Waals surface area contributed by atoms with Gasteiger partial charge < -0.3 is 20.5 Å². The molecule has 2 amide bonds. The maximum absolute atomic E-state index is 12.3. The van der Waals surface area contributed by atoms with Crippen LogP contribution in [0.5, 0.6) is 0 Å². The fraction of sp³-hybridized carbons (Fsp3) is 0.667. The first-order valence-corrected chi connectivity index (χ1v) is 10.4. The molecule has 0 unspecified atom stereocenters. The highest BCUT2D eigenvalue weighted by molar-refractivity contribution is 5.92. The smallest absolute Gasteiger partial charge is 0.270 e. The number of hydrogen-bond acceptors (Lipinski definition) is 5. The monoisotopic (exact) mass is 389 g/mol. The number of hydrogen-bond donors (Lipinski definition) is 3. The predicted molar refractivity (Wildman–Crippen MR) is 105 cm³/mol. The van der Waals surface area contributed by atoms with Crippen molar-refractivity contribution in [2.24, 2.45) is 5.92 Å². The van der Waals surface area contributed by atoms with Gasteiger partial charge in [-0.15, -0.1) is 0 Å². The van der Waals surface area contributed by atoms with E-state index in [4.69, 9.17) is 4.74 Å². The SMILES string of the molecule is O=C(N[C@@H]1CC[C@@H](CCNC(=O)C2CCCCC2)O[C@H]1CO)c1ccccn1. The van der Waals surface area contributed by atoms with Crippen LogP contribution in [-0.4, -0.2) is 53.3 Å². The second-order valence-corrected chi connectivity index (χ2v) is 7.77. The Balaban J connectivity index is 1.41. The van der Waals surface area contributed by atoms with Crippen molar-refractivity contribution in [1.29, 1.82) is 0 Å². The number of rotatable bonds is 7. The molecule has 0 bridgehead atoms. The predicted octanol–water partition coefficient (Wildman–Crippen LogP) is 1.81. The van der Waals surface area contributed by atoms with E-state index in [9.17, 15) is 14.7 Å². The molecule has 0 aromatic carbocycles. The Morgan fingerprint density at radius 3 is 2.68 bits per heavy atom. The van der Waals surface area contributed by atoms with Crippen LogP contribution in [0.3, 0.4) is 0 Å². The lowest BCUT2D eigenvalue weighted by atomic mass is 9.88. The van der Waals surface area contributed by atoms with Crippen LogP contribution >= 0.6 is 0 Å². The Labute approximate surface area is 166 Å². The van der Waals surface area contributed by atoms with Gasteiger partial charge in [-0.2, -0.15) is 0 Å². The van der Waals surface area contributed by atoms with Crippen LogP contribution in [0.1, 0.15) is 61.9 Å². The molecule has 1 saturated heterocycles. The molecule has 3 N–H and O–H groups in total. The Morgan fingerprint density at radius 1 is 1.14 bits per heavy atom. The van der Waals surface area contributed by atoms with Gasteiger partial charge in [-0.05, 0) is 44.2 Å². The number of aliphatic hydroxyl groups is 1. The number of aromatic nitrogens is 1. The van der Waals surface area contributed by atoms with Gasteiger partial charge >= 0.3 is 0 Å². The van der Waals surface area contributed by atoms with E-state index in [1.807, 2.05) is 0 Å². The number of amides is 2. The van der Waals surface area contributed by atoms with Gasteiger partial charge in [0.15, 0.2) is 0 Å². The molecular formula is C21H31N3O4. The molecule has 3 rings (SSSR count). The lowest BCUT2D eigenvalue weighted by molar-refractivity contribution is -0.126. The zero-order chi connectivity index (χ0) is 19.8. The molecule has 3 atom stereocenters. The van der Waals surface area contributed by atoms with Gasteiger partial charge in [0.25, 0.3) is 5.91 Å². The molecule has 1 aliphatic carbocycles. The van der Waals surface area contributed by atoms with Gasteiger partial charge in [0.1, 0.15) is 11.8 Å². The van der Waals surface area contributed by atoms with Crippen LogP contribution in [0, 0.1) is 5.92 Å². The van der Waals surface area contributed by atoms with Gasteiger partial charge in [-0.1, -0.05) is 25.3 Å². The minimum Gasteiger partial charge on any atom is -0.394 e. The third kappa shape index (κ3) is 5.75. The third-order valence-electron chi connectivity index (χ3n) is 5.75. The molecular weight excluding hydrogens is 358 g/mol. The van der Waals surface area contributed by atoms with Gasteiger partial charge in [-0.25, -0.2) is 0 Å². The first kappa shape index (κ1) is 20.7. The molecule has 7 heteroatoms. The van der Waals surface area contributed by atoms with E-state index in [1.165, 1.54) is 6.42 Å². The van der Waals surface area contributed by atoms with E-state index in [0.29, 0.717) is 12.2 Å². The summed E-state index contributed by atoms with van der Waals surface area (Å²) >= 11 is 0. The van der Waals surface area contributed by atoms with Crippen LogP contribution in [0.2, 0.25) is 0 Å². The second-order valence-electron chi connectivity index (χ2n) is 7.77. The highest BCUT2D eigenvalue weighted by Gasteiger charge is 2.32. The van der Waals surface area contributed by atoms with Crippen LogP contribution in [0.25, 0.3) is 0 Å². The molecule has 1 aromatic heterocycles. The highest BCUT2D eigenvalue weighted by atomic mass is 16.5. The molecule has 1 aromatic rings. The average molecular weight is 389 g/mol. The van der Waals surface area contributed by atoms with Crippen molar-refractivity contribution in [1.82, 2.24) is 15.6 Å². The molecule has 154 valence electrons. The minimum absolute atomic E-state index is 0.0215. The zero-order valence-corrected chi connectivity index (χ0v) is 16.3. The second kappa shape index (κ2) is 10.5. The first-order valence-electron chi connectivity index (χ1n) is 10.4. The van der Waals surface area contributed by atoms with E-state index in [-0.39, 0.29) is 36.5 Å². The first-order chi connectivity index (χ1) is 13.7. The standard InChI is InChI=1S/C21H31N3O4/c25-14-19-17(24-21(27)18-8-4-5-12-22-18)10-9-16(28-19)11-13-23-20(26)15-6-2-1-3-7-15/h4-5,8,12,15-17,19,25H,1-3,6-7,9-11,13-14H2,(H,23,26)(H,24,27)/t16-,17+,19-/m0/s1. The van der Waals surface area contributed by atoms with Gasteiger partial charge in [0, 0.05) is 18.7 Å². The van der Waals surface area contributed by atoms with Crippen LogP contribution in [-0.2, 0) is 9.53 Å². The van der Waals surface area contributed by atoms with Gasteiger partial charge in [0.2, 0.25) is 5.91 Å². The number of nitrogens with one attached hydrogen (secondary N) is 2. The fourth-order valence-corrected chi connectivity index (χ4v) is 4.11. The Bertz CT molecular complexity index is 634. The number of pyridine rings is 1. The number of carbonyl (C=O) groups excluding carboxylic acids is 2. The normalized spacial score (nSPS) is 25.8. The van der Waals surface area contributed by atoms with Crippen molar-refractivity contribution in [2.45, 2.75) is 69.6 Å². The molecule has 1 aliphatic heterocycles. The van der Waals surface area contributed by atoms with Crippen molar-refractivity contribution >= 4 is 11.8 Å². The highest BCUT2D eigenvalue weighted by Crippen LogP contribution is 2.24. The van der Waals surface area contributed by atoms with Gasteiger partial charge in [-0.3, -0.25) is 14.6 Å². The van der Waals surface area contributed by atoms with Crippen molar-refractivity contribution in [3.63, 3.8) is 0 Å². The summed E-state index contributed by atoms with van der Waals surface area (Å²) in [5, 5.41) is 15.6. The summed E-state index contributed by atoms with van der Waals surface area (Å²) < 4.78 is 5.98. The molecule has 0 spiro atoms. The van der Waals surface area contributed by atoms with E-state index >= 15 is 0 Å². The lowest BCUT2D eigenvalue weighted by Gasteiger charge is -2.36. The summed E-state index contributed by atoms with van der Waals surface area (Å²) in [6.07, 6.45) is 8.86. The van der Waals surface area contributed by atoms with Crippen molar-refractivity contribution in [3.05, 3.63) is 30.1 Å². The molecule has 28 heavy (non-hydrogen) atoms. The van der Waals surface area contributed by atoms with Gasteiger partial charge in [0.05, 0.1) is 18.8 Å². The topological polar surface area (TPSA) is 101 Å². The largest absolute Gasteiger partial charge is 0.394 e. The molecule has 2 aliphatic rings. The van der Waals surface area contributed by atoms with Crippen molar-refractivity contribution in [3.8, 4) is 0 Å². The van der Waals surface area contributed by atoms with E-state index < -0.39 is 6.10 Å². The summed E-state index contributed by atoms with van der Waals surface area (Å²) in [6.45, 7) is 0.432. The Hall–Kier alpha value is -1.99. The summed E-state index contributed by atoms with van der Waals surface area (Å²) in [6, 6.07) is 4.94. The average Bonchev–Trinajstić information content (AvgIpc) is 2.75. The summed E-state index contributed by atoms with van der Waals surface area (Å²) in [7, 11) is 0. The van der Waals surface area contributed by atoms with Crippen LogP contribution < -0.4 is 10.6 Å². The molecule has 2 heterocycles.